The molecule has 1 unspecified atom stereocenters. The van der Waals surface area contributed by atoms with E-state index in [4.69, 9.17) is 21.3 Å². The number of nitrogens with zero attached hydrogens (tertiary/aromatic N) is 5. The summed E-state index contributed by atoms with van der Waals surface area (Å²) in [6.07, 6.45) is 0.703. The zero-order valence-electron chi connectivity index (χ0n) is 17.0. The maximum atomic E-state index is 13.1. The summed E-state index contributed by atoms with van der Waals surface area (Å²) in [5, 5.41) is 0.503. The van der Waals surface area contributed by atoms with Crippen molar-refractivity contribution in [3.8, 4) is 5.75 Å². The van der Waals surface area contributed by atoms with Gasteiger partial charge in [-0.2, -0.15) is 4.98 Å². The number of hydrogen-bond donors (Lipinski definition) is 0. The minimum absolute atomic E-state index is 0.275. The fourth-order valence-corrected chi connectivity index (χ4v) is 4.22. The Morgan fingerprint density at radius 2 is 2.03 bits per heavy atom. The summed E-state index contributed by atoms with van der Waals surface area (Å²) in [5.74, 6) is 1.51. The van der Waals surface area contributed by atoms with Gasteiger partial charge in [0.05, 0.1) is 12.1 Å². The highest BCUT2D eigenvalue weighted by Crippen LogP contribution is 2.36. The molecule has 8 nitrogen and oxygen atoms in total. The molecule has 0 saturated carbocycles. The summed E-state index contributed by atoms with van der Waals surface area (Å²) in [6.45, 7) is 5.84. The van der Waals surface area contributed by atoms with E-state index in [1.54, 1.807) is 14.2 Å². The molecule has 0 spiro atoms. The van der Waals surface area contributed by atoms with E-state index in [1.165, 1.54) is 9.13 Å². The van der Waals surface area contributed by atoms with Crippen LogP contribution in [0.4, 0.5) is 11.6 Å². The van der Waals surface area contributed by atoms with Gasteiger partial charge in [0.25, 0.3) is 5.56 Å². The molecule has 3 aromatic rings. The average Bonchev–Trinajstić information content (AvgIpc) is 3.08. The Morgan fingerprint density at radius 3 is 2.69 bits per heavy atom. The summed E-state index contributed by atoms with van der Waals surface area (Å²) >= 11 is 6.34. The van der Waals surface area contributed by atoms with Crippen LogP contribution in [0.5, 0.6) is 5.75 Å². The number of benzene rings is 1. The number of ether oxygens (including phenoxy) is 1. The van der Waals surface area contributed by atoms with Crippen molar-refractivity contribution in [2.45, 2.75) is 33.4 Å². The lowest BCUT2D eigenvalue weighted by Gasteiger charge is -2.33. The van der Waals surface area contributed by atoms with E-state index >= 15 is 0 Å². The van der Waals surface area contributed by atoms with Gasteiger partial charge in [-0.1, -0.05) is 25.4 Å². The van der Waals surface area contributed by atoms with E-state index < -0.39 is 0 Å². The van der Waals surface area contributed by atoms with Crippen molar-refractivity contribution in [3.63, 3.8) is 0 Å². The van der Waals surface area contributed by atoms with E-state index in [-0.39, 0.29) is 17.2 Å². The Bertz CT molecular complexity index is 1210. The van der Waals surface area contributed by atoms with E-state index in [0.29, 0.717) is 47.4 Å². The van der Waals surface area contributed by atoms with Crippen LogP contribution in [0.25, 0.3) is 11.2 Å². The normalized spacial score (nSPS) is 16.3. The minimum atomic E-state index is -0.341. The van der Waals surface area contributed by atoms with Crippen molar-refractivity contribution in [3.05, 3.63) is 44.1 Å². The first kappa shape index (κ1) is 19.6. The highest BCUT2D eigenvalue weighted by molar-refractivity contribution is 6.32. The van der Waals surface area contributed by atoms with Gasteiger partial charge in [-0.15, -0.1) is 0 Å². The van der Waals surface area contributed by atoms with Crippen LogP contribution in [0.2, 0.25) is 5.02 Å². The molecule has 0 bridgehead atoms. The zero-order valence-corrected chi connectivity index (χ0v) is 17.7. The molecule has 1 aromatic carbocycles. The molecule has 0 radical (unpaired) electrons. The molecule has 3 heterocycles. The molecule has 9 heteroatoms. The highest BCUT2D eigenvalue weighted by Gasteiger charge is 2.30. The monoisotopic (exact) mass is 417 g/mol. The third-order valence-corrected chi connectivity index (χ3v) is 5.63. The maximum absolute atomic E-state index is 13.1. The van der Waals surface area contributed by atoms with Crippen LogP contribution in [-0.4, -0.2) is 32.3 Å². The third kappa shape index (κ3) is 3.02. The average molecular weight is 418 g/mol. The fraction of sp³-hybridized carbons (Fsp3) is 0.450. The first-order valence-electron chi connectivity index (χ1n) is 9.68. The van der Waals surface area contributed by atoms with Crippen LogP contribution in [0, 0.1) is 5.92 Å². The molecule has 4 rings (SSSR count). The van der Waals surface area contributed by atoms with Crippen molar-refractivity contribution in [1.82, 2.24) is 18.7 Å². The number of aromatic nitrogens is 4. The Labute approximate surface area is 172 Å². The van der Waals surface area contributed by atoms with Crippen molar-refractivity contribution >= 4 is 34.4 Å². The van der Waals surface area contributed by atoms with Crippen LogP contribution in [-0.2, 0) is 20.1 Å². The van der Waals surface area contributed by atoms with Crippen LogP contribution >= 0.6 is 11.6 Å². The highest BCUT2D eigenvalue weighted by atomic mass is 35.5. The number of methoxy groups -OCH3 is 1. The molecule has 0 amide bonds. The summed E-state index contributed by atoms with van der Waals surface area (Å²) in [4.78, 5) is 32.6. The molecule has 1 aliphatic heterocycles. The lowest BCUT2D eigenvalue weighted by atomic mass is 10.1. The maximum Gasteiger partial charge on any atom is 0.332 e. The number of aryl methyl sites for hydroxylation is 1. The van der Waals surface area contributed by atoms with E-state index in [9.17, 15) is 9.59 Å². The van der Waals surface area contributed by atoms with E-state index in [0.717, 1.165) is 12.2 Å². The molecule has 2 aromatic heterocycles. The SMILES string of the molecule is CCCn1c(=O)c2c(nc3n2CC(C)CN3c2ccc(OC)c(Cl)c2)n(C)c1=O. The van der Waals surface area contributed by atoms with Crippen molar-refractivity contribution in [1.29, 1.82) is 0 Å². The number of fused-ring (bicyclic) bond motifs is 3. The largest absolute Gasteiger partial charge is 0.495 e. The standard InChI is InChI=1S/C20H24ClN5O3/c1-5-8-24-18(27)16-17(23(3)20(24)28)22-19-25(10-12(2)11-26(16)19)13-6-7-15(29-4)14(21)9-13/h6-7,9,12H,5,8,10-11H2,1-4H3. The van der Waals surface area contributed by atoms with Crippen molar-refractivity contribution in [2.75, 3.05) is 18.6 Å². The van der Waals surface area contributed by atoms with Gasteiger partial charge in [-0.3, -0.25) is 13.9 Å². The van der Waals surface area contributed by atoms with Crippen LogP contribution in [0.3, 0.4) is 0 Å². The molecule has 29 heavy (non-hydrogen) atoms. The van der Waals surface area contributed by atoms with E-state index in [1.807, 2.05) is 34.6 Å². The molecule has 0 N–H and O–H groups in total. The third-order valence-electron chi connectivity index (χ3n) is 5.34. The number of hydrogen-bond acceptors (Lipinski definition) is 5. The number of rotatable bonds is 4. The Morgan fingerprint density at radius 1 is 1.28 bits per heavy atom. The minimum Gasteiger partial charge on any atom is -0.495 e. The van der Waals surface area contributed by atoms with Crippen LogP contribution < -0.4 is 20.9 Å². The van der Waals surface area contributed by atoms with Gasteiger partial charge in [0.1, 0.15) is 5.75 Å². The van der Waals surface area contributed by atoms with Crippen molar-refractivity contribution < 1.29 is 4.74 Å². The molecular formula is C20H24ClN5O3. The zero-order chi connectivity index (χ0) is 20.9. The van der Waals surface area contributed by atoms with Gasteiger partial charge in [0, 0.05) is 32.4 Å². The lowest BCUT2D eigenvalue weighted by molar-refractivity contribution is 0.415. The molecule has 0 fully saturated rings. The molecule has 154 valence electrons. The van der Waals surface area contributed by atoms with Gasteiger partial charge >= 0.3 is 5.69 Å². The molecule has 0 saturated heterocycles. The number of imidazole rings is 1. The second-order valence-corrected chi connectivity index (χ2v) is 7.93. The van der Waals surface area contributed by atoms with Gasteiger partial charge in [-0.05, 0) is 30.5 Å². The predicted octanol–water partition coefficient (Wildman–Crippen LogP) is 2.76. The number of halogens is 1. The van der Waals surface area contributed by atoms with E-state index in [2.05, 4.69) is 6.92 Å². The second-order valence-electron chi connectivity index (χ2n) is 7.53. The first-order valence-corrected chi connectivity index (χ1v) is 10.1. The summed E-state index contributed by atoms with van der Waals surface area (Å²) in [5.41, 5.74) is 1.10. The van der Waals surface area contributed by atoms with Crippen molar-refractivity contribution in [2.24, 2.45) is 13.0 Å². The Hall–Kier alpha value is -2.74. The van der Waals surface area contributed by atoms with Gasteiger partial charge in [0.15, 0.2) is 11.2 Å². The molecule has 0 aliphatic carbocycles. The lowest BCUT2D eigenvalue weighted by Crippen LogP contribution is -2.40. The smallest absolute Gasteiger partial charge is 0.332 e. The molecule has 1 aliphatic rings. The molecular weight excluding hydrogens is 394 g/mol. The van der Waals surface area contributed by atoms with Gasteiger partial charge in [-0.25, -0.2) is 4.79 Å². The molecule has 1 atom stereocenters. The number of anilines is 2. The second kappa shape index (κ2) is 7.26. The quantitative estimate of drug-likeness (QED) is 0.652. The predicted molar refractivity (Wildman–Crippen MR) is 114 cm³/mol. The summed E-state index contributed by atoms with van der Waals surface area (Å²) < 4.78 is 9.94. The summed E-state index contributed by atoms with van der Waals surface area (Å²) in [7, 11) is 3.23. The van der Waals surface area contributed by atoms with Crippen LogP contribution in [0.1, 0.15) is 20.3 Å². The van der Waals surface area contributed by atoms with Gasteiger partial charge in [0.2, 0.25) is 5.95 Å². The van der Waals surface area contributed by atoms with Gasteiger partial charge < -0.3 is 14.2 Å². The fourth-order valence-electron chi connectivity index (χ4n) is 3.97. The topological polar surface area (TPSA) is 74.3 Å². The first-order chi connectivity index (χ1) is 13.9. The Kier molecular flexibility index (Phi) is 4.90. The van der Waals surface area contributed by atoms with Crippen LogP contribution in [0.15, 0.2) is 27.8 Å². The summed E-state index contributed by atoms with van der Waals surface area (Å²) in [6, 6.07) is 5.56. The Balaban J connectivity index is 1.97.